The van der Waals surface area contributed by atoms with Crippen LogP contribution in [-0.2, 0) is 4.74 Å². The second-order valence-corrected chi connectivity index (χ2v) is 5.05. The van der Waals surface area contributed by atoms with Gasteiger partial charge in [-0.05, 0) is 38.6 Å². The fourth-order valence-electron chi connectivity index (χ4n) is 2.91. The van der Waals surface area contributed by atoms with Crippen LogP contribution in [0.5, 0.6) is 0 Å². The highest BCUT2D eigenvalue weighted by Gasteiger charge is 2.35. The fraction of sp³-hybridized carbons (Fsp3) is 1.00. The average molecular weight is 212 g/mol. The lowest BCUT2D eigenvalue weighted by Crippen LogP contribution is -2.41. The Bertz CT molecular complexity index is 184. The van der Waals surface area contributed by atoms with E-state index in [1.54, 1.807) is 7.11 Å². The van der Waals surface area contributed by atoms with Crippen molar-refractivity contribution in [3.8, 4) is 0 Å². The standard InChI is InChI=1S/C12H24N2O/c1-10(5-7-15-2)14-8-11-4-3-6-13-12(11)9-14/h10-13H,3-9H2,1-2H3. The van der Waals surface area contributed by atoms with Crippen LogP contribution in [0.3, 0.4) is 0 Å². The third-order valence-corrected chi connectivity index (χ3v) is 3.99. The largest absolute Gasteiger partial charge is 0.385 e. The van der Waals surface area contributed by atoms with Gasteiger partial charge in [-0.15, -0.1) is 0 Å². The van der Waals surface area contributed by atoms with Gasteiger partial charge in [-0.25, -0.2) is 0 Å². The number of piperidine rings is 1. The van der Waals surface area contributed by atoms with E-state index in [1.807, 2.05) is 0 Å². The molecule has 2 rings (SSSR count). The van der Waals surface area contributed by atoms with Gasteiger partial charge in [-0.3, -0.25) is 4.90 Å². The van der Waals surface area contributed by atoms with Crippen molar-refractivity contribution >= 4 is 0 Å². The smallest absolute Gasteiger partial charge is 0.0477 e. The predicted octanol–water partition coefficient (Wildman–Crippen LogP) is 1.10. The summed E-state index contributed by atoms with van der Waals surface area (Å²) in [6.07, 6.45) is 3.95. The van der Waals surface area contributed by atoms with Gasteiger partial charge in [0.15, 0.2) is 0 Å². The summed E-state index contributed by atoms with van der Waals surface area (Å²) in [5, 5.41) is 3.65. The Morgan fingerprint density at radius 1 is 1.47 bits per heavy atom. The Labute approximate surface area is 93.2 Å². The lowest BCUT2D eigenvalue weighted by Gasteiger charge is -2.25. The molecule has 0 saturated carbocycles. The summed E-state index contributed by atoms with van der Waals surface area (Å²) in [4.78, 5) is 2.63. The van der Waals surface area contributed by atoms with Crippen LogP contribution < -0.4 is 5.32 Å². The number of rotatable bonds is 4. The summed E-state index contributed by atoms with van der Waals surface area (Å²) in [7, 11) is 1.79. The number of hydrogen-bond acceptors (Lipinski definition) is 3. The van der Waals surface area contributed by atoms with Crippen molar-refractivity contribution in [2.24, 2.45) is 5.92 Å². The van der Waals surface area contributed by atoms with Crippen molar-refractivity contribution in [2.75, 3.05) is 33.4 Å². The lowest BCUT2D eigenvalue weighted by molar-refractivity contribution is 0.150. The van der Waals surface area contributed by atoms with E-state index in [2.05, 4.69) is 17.1 Å². The minimum Gasteiger partial charge on any atom is -0.385 e. The van der Waals surface area contributed by atoms with Crippen LogP contribution >= 0.6 is 0 Å². The topological polar surface area (TPSA) is 24.5 Å². The van der Waals surface area contributed by atoms with E-state index in [4.69, 9.17) is 4.74 Å². The maximum atomic E-state index is 5.15. The van der Waals surface area contributed by atoms with Crippen LogP contribution in [0.25, 0.3) is 0 Å². The zero-order valence-electron chi connectivity index (χ0n) is 10.0. The highest BCUT2D eigenvalue weighted by atomic mass is 16.5. The molecule has 0 spiro atoms. The third kappa shape index (κ3) is 2.71. The quantitative estimate of drug-likeness (QED) is 0.755. The Balaban J connectivity index is 1.80. The van der Waals surface area contributed by atoms with Crippen LogP contribution in [0.1, 0.15) is 26.2 Å². The van der Waals surface area contributed by atoms with Crippen molar-refractivity contribution < 1.29 is 4.74 Å². The Morgan fingerprint density at radius 3 is 3.07 bits per heavy atom. The average Bonchev–Trinajstić information content (AvgIpc) is 2.69. The van der Waals surface area contributed by atoms with Crippen molar-refractivity contribution in [1.29, 1.82) is 0 Å². The molecule has 3 unspecified atom stereocenters. The van der Waals surface area contributed by atoms with Crippen LogP contribution in [0.4, 0.5) is 0 Å². The van der Waals surface area contributed by atoms with Crippen molar-refractivity contribution in [2.45, 2.75) is 38.3 Å². The molecule has 0 aliphatic carbocycles. The SMILES string of the molecule is COCCC(C)N1CC2CCCNC2C1. The number of hydrogen-bond donors (Lipinski definition) is 1. The Morgan fingerprint density at radius 2 is 2.33 bits per heavy atom. The number of fused-ring (bicyclic) bond motifs is 1. The molecule has 0 aromatic rings. The predicted molar refractivity (Wildman–Crippen MR) is 62.0 cm³/mol. The van der Waals surface area contributed by atoms with Crippen LogP contribution in [0.15, 0.2) is 0 Å². The van der Waals surface area contributed by atoms with E-state index in [1.165, 1.54) is 32.5 Å². The molecular formula is C12H24N2O. The van der Waals surface area contributed by atoms with E-state index in [-0.39, 0.29) is 0 Å². The van der Waals surface area contributed by atoms with E-state index in [9.17, 15) is 0 Å². The van der Waals surface area contributed by atoms with Crippen molar-refractivity contribution in [3.63, 3.8) is 0 Å². The second kappa shape index (κ2) is 5.28. The van der Waals surface area contributed by atoms with Gasteiger partial charge in [0.25, 0.3) is 0 Å². The van der Waals surface area contributed by atoms with E-state index >= 15 is 0 Å². The highest BCUT2D eigenvalue weighted by Crippen LogP contribution is 2.26. The van der Waals surface area contributed by atoms with E-state index in [0.717, 1.165) is 25.0 Å². The molecule has 3 heteroatoms. The molecule has 0 aromatic carbocycles. The lowest BCUT2D eigenvalue weighted by atomic mass is 9.94. The Hall–Kier alpha value is -0.120. The Kier molecular flexibility index (Phi) is 4.00. The van der Waals surface area contributed by atoms with E-state index < -0.39 is 0 Å². The summed E-state index contributed by atoms with van der Waals surface area (Å²) in [5.41, 5.74) is 0. The van der Waals surface area contributed by atoms with Crippen molar-refractivity contribution in [3.05, 3.63) is 0 Å². The fourth-order valence-corrected chi connectivity index (χ4v) is 2.91. The molecule has 3 atom stereocenters. The van der Waals surface area contributed by atoms with Gasteiger partial charge < -0.3 is 10.1 Å². The van der Waals surface area contributed by atoms with Crippen LogP contribution in [0, 0.1) is 5.92 Å². The molecule has 2 aliphatic rings. The summed E-state index contributed by atoms with van der Waals surface area (Å²) < 4.78 is 5.15. The van der Waals surface area contributed by atoms with Crippen LogP contribution in [0.2, 0.25) is 0 Å². The van der Waals surface area contributed by atoms with Gasteiger partial charge in [0.05, 0.1) is 0 Å². The second-order valence-electron chi connectivity index (χ2n) is 5.05. The summed E-state index contributed by atoms with van der Waals surface area (Å²) in [5.74, 6) is 0.906. The maximum absolute atomic E-state index is 5.15. The van der Waals surface area contributed by atoms with Gasteiger partial charge in [0.1, 0.15) is 0 Å². The minimum atomic E-state index is 0.678. The molecule has 2 heterocycles. The normalized spacial score (nSPS) is 34.0. The first-order valence-corrected chi connectivity index (χ1v) is 6.27. The first kappa shape index (κ1) is 11.4. The van der Waals surface area contributed by atoms with Crippen LogP contribution in [-0.4, -0.2) is 50.3 Å². The first-order valence-electron chi connectivity index (χ1n) is 6.27. The zero-order valence-corrected chi connectivity index (χ0v) is 10.0. The maximum Gasteiger partial charge on any atom is 0.0477 e. The van der Waals surface area contributed by atoms with Gasteiger partial charge >= 0.3 is 0 Å². The number of likely N-dealkylation sites (tertiary alicyclic amines) is 1. The minimum absolute atomic E-state index is 0.678. The molecule has 3 nitrogen and oxygen atoms in total. The summed E-state index contributed by atoms with van der Waals surface area (Å²) in [6, 6.07) is 1.45. The highest BCUT2D eigenvalue weighted by molar-refractivity contribution is 4.93. The molecule has 2 aliphatic heterocycles. The number of nitrogens with zero attached hydrogens (tertiary/aromatic N) is 1. The summed E-state index contributed by atoms with van der Waals surface area (Å²) >= 11 is 0. The molecule has 1 N–H and O–H groups in total. The zero-order chi connectivity index (χ0) is 10.7. The molecule has 0 amide bonds. The van der Waals surface area contributed by atoms with Gasteiger partial charge in [-0.1, -0.05) is 0 Å². The van der Waals surface area contributed by atoms with Gasteiger partial charge in [-0.2, -0.15) is 0 Å². The third-order valence-electron chi connectivity index (χ3n) is 3.99. The molecule has 0 aromatic heterocycles. The molecule has 88 valence electrons. The monoisotopic (exact) mass is 212 g/mol. The van der Waals surface area contributed by atoms with Crippen molar-refractivity contribution in [1.82, 2.24) is 10.2 Å². The van der Waals surface area contributed by atoms with E-state index in [0.29, 0.717) is 6.04 Å². The first-order chi connectivity index (χ1) is 7.31. The number of ether oxygens (including phenoxy) is 1. The molecule has 0 bridgehead atoms. The molecule has 2 saturated heterocycles. The molecule has 15 heavy (non-hydrogen) atoms. The van der Waals surface area contributed by atoms with Gasteiger partial charge in [0.2, 0.25) is 0 Å². The molecule has 2 fully saturated rings. The molecular weight excluding hydrogens is 188 g/mol. The molecule has 0 radical (unpaired) electrons. The number of methoxy groups -OCH3 is 1. The van der Waals surface area contributed by atoms with Gasteiger partial charge in [0, 0.05) is 38.9 Å². The number of nitrogens with one attached hydrogen (secondary N) is 1. The summed E-state index contributed by atoms with van der Waals surface area (Å²) in [6.45, 7) is 6.98.